The number of allylic oxidation sites excluding steroid dienone is 3. The minimum Gasteiger partial charge on any atom is -0.398 e. The van der Waals surface area contributed by atoms with Crippen LogP contribution in [-0.2, 0) is 11.0 Å². The molecule has 0 aromatic heterocycles. The van der Waals surface area contributed by atoms with Gasteiger partial charge in [0.25, 0.3) is 0 Å². The van der Waals surface area contributed by atoms with Gasteiger partial charge in [-0.25, -0.2) is 8.51 Å². The number of anilines is 1. The second-order valence-electron chi connectivity index (χ2n) is 7.51. The van der Waals surface area contributed by atoms with Crippen molar-refractivity contribution >= 4 is 32.6 Å². The first kappa shape index (κ1) is 23.1. The Morgan fingerprint density at radius 3 is 2.50 bits per heavy atom. The number of nitrogens with two attached hydrogens (primary N) is 1. The molecule has 0 heterocycles. The average Bonchev–Trinajstić information content (AvgIpc) is 2.55. The largest absolute Gasteiger partial charge is 0.398 e. The Morgan fingerprint density at radius 2 is 2.00 bits per heavy atom. The standard InChI is InChI=1S/C21H33BrN2OS/c1-8-10-15(3)17(11-9-2)20(24(7)26(25)21(4,5)6)18-14-16(22)12-13-19(18)23/h8,10-15,20H,9,23H2,1-7H3. The Bertz CT molecular complexity index is 692. The number of halogens is 1. The summed E-state index contributed by atoms with van der Waals surface area (Å²) in [6.45, 7) is 12.3. The zero-order valence-electron chi connectivity index (χ0n) is 17.0. The predicted molar refractivity (Wildman–Crippen MR) is 119 cm³/mol. The third-order valence-corrected chi connectivity index (χ3v) is 6.53. The van der Waals surface area contributed by atoms with Gasteiger partial charge in [0.15, 0.2) is 0 Å². The monoisotopic (exact) mass is 440 g/mol. The van der Waals surface area contributed by atoms with E-state index in [4.69, 9.17) is 5.73 Å². The Hall–Kier alpha value is -0.910. The first-order valence-electron chi connectivity index (χ1n) is 9.07. The van der Waals surface area contributed by atoms with E-state index >= 15 is 0 Å². The number of hydrogen-bond acceptors (Lipinski definition) is 2. The second-order valence-corrected chi connectivity index (χ2v) is 10.7. The van der Waals surface area contributed by atoms with Gasteiger partial charge < -0.3 is 5.73 Å². The SMILES string of the molecule is CC=CC(C)C(=CCC)C(c1cc(Br)ccc1N)N(C)S(=O)C(C)(C)C. The highest BCUT2D eigenvalue weighted by Crippen LogP contribution is 2.39. The van der Waals surface area contributed by atoms with Gasteiger partial charge in [0, 0.05) is 17.2 Å². The van der Waals surface area contributed by atoms with E-state index in [2.05, 4.69) is 48.0 Å². The lowest BCUT2D eigenvalue weighted by Gasteiger charge is -2.36. The van der Waals surface area contributed by atoms with E-state index in [1.807, 2.05) is 57.2 Å². The molecule has 0 saturated carbocycles. The molecule has 26 heavy (non-hydrogen) atoms. The highest BCUT2D eigenvalue weighted by atomic mass is 79.9. The molecule has 3 unspecified atom stereocenters. The van der Waals surface area contributed by atoms with Crippen LogP contribution in [0.4, 0.5) is 5.69 Å². The van der Waals surface area contributed by atoms with E-state index in [-0.39, 0.29) is 16.7 Å². The lowest BCUT2D eigenvalue weighted by atomic mass is 9.88. The van der Waals surface area contributed by atoms with Crippen LogP contribution in [-0.4, -0.2) is 20.3 Å². The molecule has 1 aromatic rings. The molecule has 0 radical (unpaired) electrons. The van der Waals surface area contributed by atoms with Crippen LogP contribution in [0.2, 0.25) is 0 Å². The minimum atomic E-state index is -1.17. The molecule has 3 atom stereocenters. The molecule has 146 valence electrons. The summed E-state index contributed by atoms with van der Waals surface area (Å²) in [4.78, 5) is 0. The molecular formula is C21H33BrN2OS. The molecule has 0 aliphatic rings. The molecule has 5 heteroatoms. The van der Waals surface area contributed by atoms with Gasteiger partial charge in [-0.05, 0) is 69.4 Å². The first-order chi connectivity index (χ1) is 12.0. The molecule has 0 aliphatic carbocycles. The van der Waals surface area contributed by atoms with Gasteiger partial charge in [0.05, 0.1) is 10.8 Å². The van der Waals surface area contributed by atoms with E-state index in [1.54, 1.807) is 0 Å². The van der Waals surface area contributed by atoms with Gasteiger partial charge in [-0.3, -0.25) is 0 Å². The van der Waals surface area contributed by atoms with Crippen molar-refractivity contribution in [3.05, 3.63) is 52.0 Å². The van der Waals surface area contributed by atoms with Crippen molar-refractivity contribution in [2.45, 2.75) is 58.8 Å². The summed E-state index contributed by atoms with van der Waals surface area (Å²) in [7, 11) is 0.754. The van der Waals surface area contributed by atoms with Crippen molar-refractivity contribution in [1.29, 1.82) is 0 Å². The van der Waals surface area contributed by atoms with Crippen LogP contribution in [0.25, 0.3) is 0 Å². The number of nitrogens with zero attached hydrogens (tertiary/aromatic N) is 1. The molecule has 0 spiro atoms. The summed E-state index contributed by atoms with van der Waals surface area (Å²) in [6, 6.07) is 5.74. The molecule has 0 fully saturated rings. The van der Waals surface area contributed by atoms with Gasteiger partial charge >= 0.3 is 0 Å². The number of rotatable bonds is 7. The molecule has 3 nitrogen and oxygen atoms in total. The molecule has 0 saturated heterocycles. The van der Waals surface area contributed by atoms with Gasteiger partial charge in [-0.2, -0.15) is 0 Å². The molecule has 0 bridgehead atoms. The number of likely N-dealkylation sites (N-methyl/N-ethyl adjacent to an activating group) is 1. The summed E-state index contributed by atoms with van der Waals surface area (Å²) in [5.74, 6) is 0.225. The van der Waals surface area contributed by atoms with E-state index < -0.39 is 11.0 Å². The smallest absolute Gasteiger partial charge is 0.100 e. The molecule has 1 aromatic carbocycles. The van der Waals surface area contributed by atoms with E-state index in [9.17, 15) is 4.21 Å². The summed E-state index contributed by atoms with van der Waals surface area (Å²) in [6.07, 6.45) is 7.40. The topological polar surface area (TPSA) is 46.3 Å². The average molecular weight is 441 g/mol. The first-order valence-corrected chi connectivity index (χ1v) is 11.0. The zero-order chi connectivity index (χ0) is 20.1. The van der Waals surface area contributed by atoms with Crippen LogP contribution in [0.15, 0.2) is 46.5 Å². The van der Waals surface area contributed by atoms with Crippen LogP contribution in [0.1, 0.15) is 59.6 Å². The summed E-state index contributed by atoms with van der Waals surface area (Å²) in [5, 5.41) is 0. The molecule has 1 rings (SSSR count). The van der Waals surface area contributed by atoms with Crippen molar-refractivity contribution in [2.24, 2.45) is 5.92 Å². The van der Waals surface area contributed by atoms with Crippen molar-refractivity contribution in [1.82, 2.24) is 4.31 Å². The molecular weight excluding hydrogens is 408 g/mol. The fourth-order valence-electron chi connectivity index (χ4n) is 3.08. The maximum Gasteiger partial charge on any atom is 0.100 e. The van der Waals surface area contributed by atoms with Crippen LogP contribution in [0, 0.1) is 5.92 Å². The Labute approximate surface area is 170 Å². The van der Waals surface area contributed by atoms with Gasteiger partial charge in [0.1, 0.15) is 11.0 Å². The maximum atomic E-state index is 13.2. The highest BCUT2D eigenvalue weighted by molar-refractivity contribution is 9.10. The van der Waals surface area contributed by atoms with Crippen molar-refractivity contribution in [3.8, 4) is 0 Å². The fourth-order valence-corrected chi connectivity index (χ4v) is 4.75. The number of hydrogen-bond donors (Lipinski definition) is 1. The quantitative estimate of drug-likeness (QED) is 0.416. The minimum absolute atomic E-state index is 0.154. The third kappa shape index (κ3) is 5.80. The Morgan fingerprint density at radius 1 is 1.38 bits per heavy atom. The van der Waals surface area contributed by atoms with Crippen molar-refractivity contribution in [3.63, 3.8) is 0 Å². The van der Waals surface area contributed by atoms with Gasteiger partial charge in [0.2, 0.25) is 0 Å². The number of benzene rings is 1. The Balaban J connectivity index is 3.62. The van der Waals surface area contributed by atoms with E-state index in [1.165, 1.54) is 5.57 Å². The third-order valence-electron chi connectivity index (χ3n) is 4.25. The normalized spacial score (nSPS) is 16.9. The summed E-state index contributed by atoms with van der Waals surface area (Å²) < 4.78 is 15.8. The van der Waals surface area contributed by atoms with Gasteiger partial charge in [-0.15, -0.1) is 0 Å². The van der Waals surface area contributed by atoms with Crippen LogP contribution < -0.4 is 5.73 Å². The lowest BCUT2D eigenvalue weighted by Crippen LogP contribution is -2.39. The summed E-state index contributed by atoms with van der Waals surface area (Å²) >= 11 is 3.56. The van der Waals surface area contributed by atoms with Crippen LogP contribution >= 0.6 is 15.9 Å². The zero-order valence-corrected chi connectivity index (χ0v) is 19.4. The van der Waals surface area contributed by atoms with Crippen LogP contribution in [0.3, 0.4) is 0 Å². The molecule has 0 aliphatic heterocycles. The highest BCUT2D eigenvalue weighted by Gasteiger charge is 2.33. The lowest BCUT2D eigenvalue weighted by molar-refractivity contribution is 0.416. The fraction of sp³-hybridized carbons (Fsp3) is 0.524. The molecule has 2 N–H and O–H groups in total. The second kappa shape index (κ2) is 9.86. The molecule has 0 amide bonds. The maximum absolute atomic E-state index is 13.2. The van der Waals surface area contributed by atoms with Crippen molar-refractivity contribution < 1.29 is 4.21 Å². The van der Waals surface area contributed by atoms with Crippen molar-refractivity contribution in [2.75, 3.05) is 12.8 Å². The van der Waals surface area contributed by atoms with E-state index in [0.717, 1.165) is 16.5 Å². The predicted octanol–water partition coefficient (Wildman–Crippen LogP) is 6.02. The van der Waals surface area contributed by atoms with E-state index in [0.29, 0.717) is 5.69 Å². The van der Waals surface area contributed by atoms with Gasteiger partial charge in [-0.1, -0.05) is 48.0 Å². The Kier molecular flexibility index (Phi) is 8.77. The summed E-state index contributed by atoms with van der Waals surface area (Å²) in [5.41, 5.74) is 9.27. The number of nitrogen functional groups attached to an aromatic ring is 1. The van der Waals surface area contributed by atoms with Crippen LogP contribution in [0.5, 0.6) is 0 Å².